The number of nitrogens with one attached hydrogen (secondary N) is 2. The van der Waals surface area contributed by atoms with Gasteiger partial charge in [-0.2, -0.15) is 5.10 Å². The normalized spacial score (nSPS) is 10.9. The van der Waals surface area contributed by atoms with Crippen LogP contribution in [0.4, 0.5) is 5.69 Å². The van der Waals surface area contributed by atoms with Gasteiger partial charge in [0.15, 0.2) is 10.6 Å². The van der Waals surface area contributed by atoms with Crippen molar-refractivity contribution in [1.82, 2.24) is 14.8 Å². The van der Waals surface area contributed by atoms with E-state index in [2.05, 4.69) is 65.4 Å². The van der Waals surface area contributed by atoms with Crippen molar-refractivity contribution in [3.63, 3.8) is 0 Å². The van der Waals surface area contributed by atoms with Gasteiger partial charge >= 0.3 is 0 Å². The molecule has 3 aromatic carbocycles. The Labute approximate surface area is 163 Å². The summed E-state index contributed by atoms with van der Waals surface area (Å²) in [5.41, 5.74) is 5.07. The highest BCUT2D eigenvalue weighted by Crippen LogP contribution is 2.30. The Morgan fingerprint density at radius 3 is 2.67 bits per heavy atom. The van der Waals surface area contributed by atoms with Crippen LogP contribution in [0.25, 0.3) is 27.8 Å². The van der Waals surface area contributed by atoms with Gasteiger partial charge in [-0.3, -0.25) is 9.67 Å². The molecule has 0 amide bonds. The standard InChI is InChI=1S/C22H20N4S/c1-14(2)23-17-11-12-18(15(3)13-17)21-24-25-22(27)26(21)20-10-6-8-16-7-4-5-9-19(16)20/h4-13,23H,1H2,2-3H3,(H,25,27). The Morgan fingerprint density at radius 1 is 1.11 bits per heavy atom. The molecule has 0 aliphatic heterocycles. The largest absolute Gasteiger partial charge is 0.360 e. The second kappa shape index (κ2) is 6.85. The van der Waals surface area contributed by atoms with Crippen LogP contribution >= 0.6 is 12.2 Å². The average Bonchev–Trinajstić information content (AvgIpc) is 3.02. The molecule has 5 heteroatoms. The number of allylic oxidation sites excluding steroid dienone is 1. The molecule has 27 heavy (non-hydrogen) atoms. The number of anilines is 1. The summed E-state index contributed by atoms with van der Waals surface area (Å²) in [5, 5.41) is 13.0. The molecule has 0 atom stereocenters. The highest BCUT2D eigenvalue weighted by molar-refractivity contribution is 7.71. The minimum absolute atomic E-state index is 0.574. The molecule has 0 aliphatic rings. The maximum absolute atomic E-state index is 5.56. The molecule has 0 spiro atoms. The van der Waals surface area contributed by atoms with Crippen LogP contribution in [0.2, 0.25) is 0 Å². The minimum Gasteiger partial charge on any atom is -0.360 e. The van der Waals surface area contributed by atoms with E-state index in [0.717, 1.165) is 39.4 Å². The van der Waals surface area contributed by atoms with E-state index in [-0.39, 0.29) is 0 Å². The minimum atomic E-state index is 0.574. The van der Waals surface area contributed by atoms with E-state index in [1.807, 2.05) is 35.8 Å². The van der Waals surface area contributed by atoms with E-state index in [1.165, 1.54) is 5.39 Å². The van der Waals surface area contributed by atoms with Crippen molar-refractivity contribution >= 4 is 28.7 Å². The van der Waals surface area contributed by atoms with E-state index in [9.17, 15) is 0 Å². The predicted octanol–water partition coefficient (Wildman–Crippen LogP) is 6.00. The number of nitrogens with zero attached hydrogens (tertiary/aromatic N) is 2. The molecule has 4 nitrogen and oxygen atoms in total. The number of hydrogen-bond acceptors (Lipinski definition) is 3. The molecule has 4 rings (SSSR count). The molecule has 0 saturated carbocycles. The predicted molar refractivity (Wildman–Crippen MR) is 115 cm³/mol. The van der Waals surface area contributed by atoms with Crippen LogP contribution in [0.1, 0.15) is 12.5 Å². The molecule has 0 fully saturated rings. The first-order valence-corrected chi connectivity index (χ1v) is 9.14. The smallest absolute Gasteiger partial charge is 0.200 e. The van der Waals surface area contributed by atoms with Crippen LogP contribution in [-0.4, -0.2) is 14.8 Å². The third-order valence-corrected chi connectivity index (χ3v) is 4.78. The Hall–Kier alpha value is -3.18. The summed E-state index contributed by atoms with van der Waals surface area (Å²) in [6.07, 6.45) is 0. The lowest BCUT2D eigenvalue weighted by molar-refractivity contribution is 1.04. The summed E-state index contributed by atoms with van der Waals surface area (Å²) < 4.78 is 2.58. The molecule has 1 aromatic heterocycles. The van der Waals surface area contributed by atoms with Crippen LogP contribution in [0, 0.1) is 11.7 Å². The number of aromatic amines is 1. The zero-order chi connectivity index (χ0) is 19.0. The zero-order valence-electron chi connectivity index (χ0n) is 15.3. The fraction of sp³-hybridized carbons (Fsp3) is 0.0909. The molecule has 0 unspecified atom stereocenters. The quantitative estimate of drug-likeness (QED) is 0.432. The van der Waals surface area contributed by atoms with Crippen molar-refractivity contribution < 1.29 is 0 Å². The molecule has 1 heterocycles. The van der Waals surface area contributed by atoms with Crippen molar-refractivity contribution in [2.24, 2.45) is 0 Å². The number of aryl methyl sites for hydroxylation is 1. The lowest BCUT2D eigenvalue weighted by atomic mass is 10.1. The first kappa shape index (κ1) is 17.2. The van der Waals surface area contributed by atoms with Gasteiger partial charge < -0.3 is 5.32 Å². The highest BCUT2D eigenvalue weighted by atomic mass is 32.1. The molecule has 0 bridgehead atoms. The van der Waals surface area contributed by atoms with Crippen molar-refractivity contribution in [3.05, 3.63) is 83.3 Å². The van der Waals surface area contributed by atoms with Gasteiger partial charge in [0.1, 0.15) is 0 Å². The highest BCUT2D eigenvalue weighted by Gasteiger charge is 2.15. The van der Waals surface area contributed by atoms with E-state index in [1.54, 1.807) is 0 Å². The van der Waals surface area contributed by atoms with Crippen molar-refractivity contribution in [3.8, 4) is 17.1 Å². The number of H-pyrrole nitrogens is 1. The van der Waals surface area contributed by atoms with Crippen molar-refractivity contribution in [1.29, 1.82) is 0 Å². The van der Waals surface area contributed by atoms with Crippen LogP contribution in [-0.2, 0) is 0 Å². The van der Waals surface area contributed by atoms with Gasteiger partial charge in [-0.25, -0.2) is 0 Å². The topological polar surface area (TPSA) is 45.6 Å². The number of hydrogen-bond donors (Lipinski definition) is 2. The van der Waals surface area contributed by atoms with Crippen LogP contribution in [0.15, 0.2) is 72.9 Å². The van der Waals surface area contributed by atoms with Crippen LogP contribution in [0.5, 0.6) is 0 Å². The van der Waals surface area contributed by atoms with Crippen molar-refractivity contribution in [2.75, 3.05) is 5.32 Å². The molecular weight excluding hydrogens is 352 g/mol. The fourth-order valence-electron chi connectivity index (χ4n) is 3.34. The van der Waals surface area contributed by atoms with Gasteiger partial charge in [0.25, 0.3) is 0 Å². The summed E-state index contributed by atoms with van der Waals surface area (Å²) in [6, 6.07) is 20.7. The van der Waals surface area contributed by atoms with E-state index in [4.69, 9.17) is 12.2 Å². The molecule has 4 aromatic rings. The first-order chi connectivity index (χ1) is 13.0. The third-order valence-electron chi connectivity index (χ3n) is 4.50. The van der Waals surface area contributed by atoms with E-state index >= 15 is 0 Å². The summed E-state index contributed by atoms with van der Waals surface area (Å²) in [5.74, 6) is 0.802. The van der Waals surface area contributed by atoms with Gasteiger partial charge in [0.2, 0.25) is 0 Å². The van der Waals surface area contributed by atoms with Crippen molar-refractivity contribution in [2.45, 2.75) is 13.8 Å². The monoisotopic (exact) mass is 372 g/mol. The summed E-state index contributed by atoms with van der Waals surface area (Å²) >= 11 is 5.56. The SMILES string of the molecule is C=C(C)Nc1ccc(-c2n[nH]c(=S)n2-c2cccc3ccccc23)c(C)c1. The number of rotatable bonds is 4. The summed E-state index contributed by atoms with van der Waals surface area (Å²) in [7, 11) is 0. The van der Waals surface area contributed by atoms with E-state index < -0.39 is 0 Å². The Kier molecular flexibility index (Phi) is 4.38. The number of aromatic nitrogens is 3. The molecule has 0 saturated heterocycles. The molecule has 2 N–H and O–H groups in total. The summed E-state index contributed by atoms with van der Waals surface area (Å²) in [4.78, 5) is 0. The Morgan fingerprint density at radius 2 is 1.89 bits per heavy atom. The van der Waals surface area contributed by atoms with Crippen LogP contribution in [0.3, 0.4) is 0 Å². The second-order valence-electron chi connectivity index (χ2n) is 6.62. The fourth-order valence-corrected chi connectivity index (χ4v) is 3.57. The Balaban J connectivity index is 1.91. The van der Waals surface area contributed by atoms with Gasteiger partial charge in [0, 0.05) is 22.3 Å². The zero-order valence-corrected chi connectivity index (χ0v) is 16.1. The molecular formula is C22H20N4S. The summed E-state index contributed by atoms with van der Waals surface area (Å²) in [6.45, 7) is 7.91. The van der Waals surface area contributed by atoms with Gasteiger partial charge in [-0.15, -0.1) is 0 Å². The maximum Gasteiger partial charge on any atom is 0.200 e. The van der Waals surface area contributed by atoms with Gasteiger partial charge in [0.05, 0.1) is 5.69 Å². The molecule has 134 valence electrons. The first-order valence-electron chi connectivity index (χ1n) is 8.74. The van der Waals surface area contributed by atoms with Gasteiger partial charge in [-0.1, -0.05) is 43.0 Å². The molecule has 0 aliphatic carbocycles. The number of benzene rings is 3. The Bertz CT molecular complexity index is 1210. The maximum atomic E-state index is 5.56. The van der Waals surface area contributed by atoms with Crippen LogP contribution < -0.4 is 5.32 Å². The molecule has 0 radical (unpaired) electrons. The third kappa shape index (κ3) is 3.17. The lowest BCUT2D eigenvalue weighted by Gasteiger charge is -2.13. The average molecular weight is 372 g/mol. The van der Waals surface area contributed by atoms with Gasteiger partial charge in [-0.05, 0) is 61.3 Å². The lowest BCUT2D eigenvalue weighted by Crippen LogP contribution is -2.01. The second-order valence-corrected chi connectivity index (χ2v) is 7.01. The number of fused-ring (bicyclic) bond motifs is 1. The van der Waals surface area contributed by atoms with E-state index in [0.29, 0.717) is 4.77 Å².